The number of anilines is 1. The molecule has 1 spiro atoms. The highest BCUT2D eigenvalue weighted by molar-refractivity contribution is 5.98. The molecule has 2 aliphatic heterocycles. The van der Waals surface area contributed by atoms with Gasteiger partial charge < -0.3 is 9.80 Å². The molecule has 0 unspecified atom stereocenters. The highest BCUT2D eigenvalue weighted by Gasteiger charge is 2.49. The Morgan fingerprint density at radius 3 is 2.90 bits per heavy atom. The Balaban J connectivity index is 1.51. The summed E-state index contributed by atoms with van der Waals surface area (Å²) in [7, 11) is 0. The smallest absolute Gasteiger partial charge is 0.245 e. The van der Waals surface area contributed by atoms with Crippen LogP contribution in [0.1, 0.15) is 17.5 Å². The summed E-state index contributed by atoms with van der Waals surface area (Å²) in [5.41, 5.74) is 5.88. The Kier molecular flexibility index (Phi) is 4.14. The lowest BCUT2D eigenvalue weighted by molar-refractivity contribution is -0.136. The largest absolute Gasteiger partial charge is 0.370 e. The predicted octanol–water partition coefficient (Wildman–Crippen LogP) is 3.63. The lowest BCUT2D eigenvalue weighted by Gasteiger charge is -2.47. The summed E-state index contributed by atoms with van der Waals surface area (Å²) in [6.45, 7) is 8.94. The van der Waals surface area contributed by atoms with Gasteiger partial charge in [0.15, 0.2) is 0 Å². The number of nitriles is 1. The van der Waals surface area contributed by atoms with E-state index in [0.717, 1.165) is 65.9 Å². The first kappa shape index (κ1) is 18.4. The van der Waals surface area contributed by atoms with Crippen LogP contribution in [0.3, 0.4) is 0 Å². The SMILES string of the molecule is C=CC(=O)N1CC2(CCN(c3cccc(-c4c(C)ccc5[nH]ncc45)c3C#N)C2)C1. The molecule has 0 radical (unpaired) electrons. The van der Waals surface area contributed by atoms with Crippen LogP contribution in [0.4, 0.5) is 5.69 Å². The normalized spacial score (nSPS) is 17.2. The van der Waals surface area contributed by atoms with Crippen LogP contribution in [0.5, 0.6) is 0 Å². The van der Waals surface area contributed by atoms with Crippen molar-refractivity contribution in [2.24, 2.45) is 5.41 Å². The lowest BCUT2D eigenvalue weighted by atomic mass is 9.79. The van der Waals surface area contributed by atoms with Crippen LogP contribution in [-0.4, -0.2) is 47.2 Å². The molecule has 2 aromatic carbocycles. The summed E-state index contributed by atoms with van der Waals surface area (Å²) in [6, 6.07) is 12.7. The molecule has 3 heterocycles. The van der Waals surface area contributed by atoms with Crippen LogP contribution in [-0.2, 0) is 4.79 Å². The van der Waals surface area contributed by atoms with Gasteiger partial charge >= 0.3 is 0 Å². The number of aromatic amines is 1. The van der Waals surface area contributed by atoms with Crippen LogP contribution < -0.4 is 4.90 Å². The first-order chi connectivity index (χ1) is 14.5. The number of amides is 1. The van der Waals surface area contributed by atoms with Crippen molar-refractivity contribution in [3.63, 3.8) is 0 Å². The van der Waals surface area contributed by atoms with Gasteiger partial charge in [0.1, 0.15) is 6.07 Å². The second-order valence-electron chi connectivity index (χ2n) is 8.47. The van der Waals surface area contributed by atoms with Gasteiger partial charge in [-0.05, 0) is 42.7 Å². The zero-order valence-corrected chi connectivity index (χ0v) is 17.0. The fourth-order valence-electron chi connectivity index (χ4n) is 5.06. The Morgan fingerprint density at radius 2 is 2.13 bits per heavy atom. The van der Waals surface area contributed by atoms with Gasteiger partial charge in [0.05, 0.1) is 23.0 Å². The van der Waals surface area contributed by atoms with Gasteiger partial charge in [-0.15, -0.1) is 0 Å². The first-order valence-electron chi connectivity index (χ1n) is 10.2. The van der Waals surface area contributed by atoms with Gasteiger partial charge in [-0.25, -0.2) is 0 Å². The van der Waals surface area contributed by atoms with E-state index in [-0.39, 0.29) is 11.3 Å². The maximum Gasteiger partial charge on any atom is 0.245 e. The Bertz CT molecular complexity index is 1210. The third-order valence-corrected chi connectivity index (χ3v) is 6.57. The van der Waals surface area contributed by atoms with E-state index in [0.29, 0.717) is 5.56 Å². The number of carbonyl (C=O) groups is 1. The van der Waals surface area contributed by atoms with Crippen LogP contribution in [0.25, 0.3) is 22.0 Å². The van der Waals surface area contributed by atoms with Gasteiger partial charge in [-0.1, -0.05) is 24.8 Å². The van der Waals surface area contributed by atoms with Crippen molar-refractivity contribution < 1.29 is 4.79 Å². The molecule has 0 aliphatic carbocycles. The summed E-state index contributed by atoms with van der Waals surface area (Å²) in [6.07, 6.45) is 4.24. The number of aryl methyl sites for hydroxylation is 1. The number of benzene rings is 2. The summed E-state index contributed by atoms with van der Waals surface area (Å²) < 4.78 is 0. The van der Waals surface area contributed by atoms with Crippen molar-refractivity contribution in [1.29, 1.82) is 5.26 Å². The minimum absolute atomic E-state index is 0.00229. The second-order valence-corrected chi connectivity index (χ2v) is 8.47. The third-order valence-electron chi connectivity index (χ3n) is 6.57. The topological polar surface area (TPSA) is 76.0 Å². The second kappa shape index (κ2) is 6.74. The van der Waals surface area contributed by atoms with E-state index in [9.17, 15) is 10.1 Å². The Hall–Kier alpha value is -3.59. The third kappa shape index (κ3) is 2.70. The molecule has 5 rings (SSSR count). The van der Waals surface area contributed by atoms with Gasteiger partial charge in [0, 0.05) is 42.5 Å². The monoisotopic (exact) mass is 397 g/mol. The number of nitrogens with one attached hydrogen (secondary N) is 1. The molecule has 2 fully saturated rings. The summed E-state index contributed by atoms with van der Waals surface area (Å²) >= 11 is 0. The highest BCUT2D eigenvalue weighted by Crippen LogP contribution is 2.43. The summed E-state index contributed by atoms with van der Waals surface area (Å²) in [5.74, 6) is 0.00229. The maximum atomic E-state index is 11.8. The van der Waals surface area contributed by atoms with E-state index in [1.54, 1.807) is 0 Å². The quantitative estimate of drug-likeness (QED) is 0.685. The molecule has 30 heavy (non-hydrogen) atoms. The summed E-state index contributed by atoms with van der Waals surface area (Å²) in [4.78, 5) is 16.0. The molecule has 2 aliphatic rings. The molecule has 1 amide bonds. The molecule has 6 nitrogen and oxygen atoms in total. The molecule has 2 saturated heterocycles. The van der Waals surface area contributed by atoms with Crippen molar-refractivity contribution in [3.05, 3.63) is 60.3 Å². The number of aromatic nitrogens is 2. The fourth-order valence-corrected chi connectivity index (χ4v) is 5.06. The number of nitrogens with zero attached hydrogens (tertiary/aromatic N) is 4. The molecular weight excluding hydrogens is 374 g/mol. The number of H-pyrrole nitrogens is 1. The molecule has 6 heteroatoms. The standard InChI is InChI=1S/C24H23N5O/c1-3-22(30)29-14-24(15-29)9-10-28(13-24)21-6-4-5-17(18(21)11-25)23-16(2)7-8-20-19(23)12-26-27-20/h3-8,12H,1,9-10,13-15H2,2H3,(H,26,27). The average molecular weight is 397 g/mol. The van der Waals surface area contributed by atoms with E-state index in [1.807, 2.05) is 35.4 Å². The van der Waals surface area contributed by atoms with Crippen molar-refractivity contribution in [3.8, 4) is 17.2 Å². The number of carbonyl (C=O) groups excluding carboxylic acids is 1. The summed E-state index contributed by atoms with van der Waals surface area (Å²) in [5, 5.41) is 18.4. The molecule has 1 N–H and O–H groups in total. The van der Waals surface area contributed by atoms with Crippen LogP contribution in [0.2, 0.25) is 0 Å². The van der Waals surface area contributed by atoms with Gasteiger partial charge in [0.25, 0.3) is 0 Å². The predicted molar refractivity (Wildman–Crippen MR) is 117 cm³/mol. The number of hydrogen-bond acceptors (Lipinski definition) is 4. The van der Waals surface area contributed by atoms with E-state index in [2.05, 4.69) is 40.7 Å². The molecular formula is C24H23N5O. The van der Waals surface area contributed by atoms with Crippen molar-refractivity contribution in [2.45, 2.75) is 13.3 Å². The van der Waals surface area contributed by atoms with E-state index in [4.69, 9.17) is 0 Å². The number of likely N-dealkylation sites (tertiary alicyclic amines) is 1. The molecule has 3 aromatic rings. The zero-order valence-electron chi connectivity index (χ0n) is 17.0. The van der Waals surface area contributed by atoms with Crippen LogP contribution in [0, 0.1) is 23.7 Å². The van der Waals surface area contributed by atoms with Crippen LogP contribution >= 0.6 is 0 Å². The highest BCUT2D eigenvalue weighted by atomic mass is 16.2. The number of hydrogen-bond donors (Lipinski definition) is 1. The maximum absolute atomic E-state index is 11.8. The van der Waals surface area contributed by atoms with Gasteiger partial charge in [-0.3, -0.25) is 9.89 Å². The molecule has 0 bridgehead atoms. The zero-order chi connectivity index (χ0) is 20.9. The van der Waals surface area contributed by atoms with Crippen molar-refractivity contribution in [1.82, 2.24) is 15.1 Å². The van der Waals surface area contributed by atoms with Crippen molar-refractivity contribution >= 4 is 22.5 Å². The molecule has 150 valence electrons. The van der Waals surface area contributed by atoms with E-state index in [1.165, 1.54) is 6.08 Å². The van der Waals surface area contributed by atoms with Gasteiger partial charge in [0.2, 0.25) is 5.91 Å². The average Bonchev–Trinajstić information content (AvgIpc) is 3.39. The minimum Gasteiger partial charge on any atom is -0.370 e. The lowest BCUT2D eigenvalue weighted by Crippen LogP contribution is -2.59. The van der Waals surface area contributed by atoms with E-state index >= 15 is 0 Å². The fraction of sp³-hybridized carbons (Fsp3) is 0.292. The Morgan fingerprint density at radius 1 is 1.30 bits per heavy atom. The molecule has 1 aromatic heterocycles. The Labute approximate surface area is 175 Å². The number of rotatable bonds is 3. The van der Waals surface area contributed by atoms with E-state index < -0.39 is 0 Å². The minimum atomic E-state index is 0.00229. The van der Waals surface area contributed by atoms with Crippen LogP contribution in [0.15, 0.2) is 49.2 Å². The molecule has 0 atom stereocenters. The number of fused-ring (bicyclic) bond motifs is 1. The van der Waals surface area contributed by atoms with Crippen molar-refractivity contribution in [2.75, 3.05) is 31.1 Å². The molecule has 0 saturated carbocycles. The first-order valence-corrected chi connectivity index (χ1v) is 10.2. The van der Waals surface area contributed by atoms with Gasteiger partial charge in [-0.2, -0.15) is 10.4 Å².